The van der Waals surface area contributed by atoms with E-state index in [2.05, 4.69) is 14.7 Å². The summed E-state index contributed by atoms with van der Waals surface area (Å²) in [5, 5.41) is 2.63. The van der Waals surface area contributed by atoms with Crippen LogP contribution in [0.15, 0.2) is 10.6 Å². The van der Waals surface area contributed by atoms with E-state index in [0.717, 1.165) is 0 Å². The van der Waals surface area contributed by atoms with Gasteiger partial charge in [0.25, 0.3) is 5.71 Å². The first kappa shape index (κ1) is 12.7. The maximum absolute atomic E-state index is 12.7. The summed E-state index contributed by atoms with van der Waals surface area (Å²) in [7, 11) is 0. The van der Waals surface area contributed by atoms with Crippen LogP contribution in [-0.2, 0) is 12.4 Å². The maximum atomic E-state index is 12.7. The Morgan fingerprint density at radius 2 is 1.67 bits per heavy atom. The molecule has 2 aromatic heterocycles. The molecule has 2 aromatic rings. The second-order valence-electron chi connectivity index (χ2n) is 3.50. The van der Waals surface area contributed by atoms with Gasteiger partial charge < -0.3 is 4.52 Å². The number of nitrogens with zero attached hydrogens (tertiary/aromatic N) is 2. The van der Waals surface area contributed by atoms with Gasteiger partial charge in [-0.3, -0.25) is 0 Å². The highest BCUT2D eigenvalue weighted by atomic mass is 19.4. The van der Waals surface area contributed by atoms with E-state index in [-0.39, 0.29) is 11.8 Å². The van der Waals surface area contributed by atoms with Crippen molar-refractivity contribution < 1.29 is 30.9 Å². The summed E-state index contributed by atoms with van der Waals surface area (Å²) in [6.45, 7) is 1.19. The largest absolute Gasteiger partial charge is 0.433 e. The Morgan fingerprint density at radius 3 is 2.17 bits per heavy atom. The van der Waals surface area contributed by atoms with Gasteiger partial charge in [-0.2, -0.15) is 26.3 Å². The molecule has 0 spiro atoms. The molecule has 0 aliphatic carbocycles. The zero-order valence-corrected chi connectivity index (χ0v) is 8.65. The Hall–Kier alpha value is -1.80. The quantitative estimate of drug-likeness (QED) is 0.687. The van der Waals surface area contributed by atoms with E-state index >= 15 is 0 Å². The Labute approximate surface area is 95.4 Å². The first-order valence-electron chi connectivity index (χ1n) is 4.52. The van der Waals surface area contributed by atoms with Crippen LogP contribution >= 0.6 is 0 Å². The molecular weight excluding hydrogens is 266 g/mol. The fourth-order valence-corrected chi connectivity index (χ4v) is 1.46. The molecule has 0 aliphatic rings. The first-order chi connectivity index (χ1) is 8.10. The maximum Gasteiger partial charge on any atom is 0.433 e. The van der Waals surface area contributed by atoms with Gasteiger partial charge in [-0.25, -0.2) is 4.98 Å². The van der Waals surface area contributed by atoms with Gasteiger partial charge in [0.1, 0.15) is 5.69 Å². The molecule has 0 N–H and O–H groups in total. The topological polar surface area (TPSA) is 38.9 Å². The second-order valence-corrected chi connectivity index (χ2v) is 3.50. The van der Waals surface area contributed by atoms with Crippen LogP contribution in [0, 0.1) is 6.92 Å². The third-order valence-corrected chi connectivity index (χ3v) is 2.21. The van der Waals surface area contributed by atoms with Crippen LogP contribution in [0.2, 0.25) is 0 Å². The standard InChI is InChI=1S/C9H4F6N2O/c1-3-6-4(8(10,11)12)2-5(9(13,14)15)16-7(6)18-17-3/h2H,1H3. The Balaban J connectivity index is 2.83. The number of pyridine rings is 1. The number of fused-ring (bicyclic) bond motifs is 1. The van der Waals surface area contributed by atoms with E-state index in [9.17, 15) is 26.3 Å². The highest BCUT2D eigenvalue weighted by Gasteiger charge is 2.40. The molecule has 0 saturated heterocycles. The molecular formula is C9H4F6N2O. The zero-order chi connectivity index (χ0) is 13.7. The van der Waals surface area contributed by atoms with Crippen molar-refractivity contribution in [2.75, 3.05) is 0 Å². The molecule has 0 aliphatic heterocycles. The van der Waals surface area contributed by atoms with Crippen molar-refractivity contribution in [2.45, 2.75) is 19.3 Å². The highest BCUT2D eigenvalue weighted by molar-refractivity contribution is 5.80. The second kappa shape index (κ2) is 3.59. The normalized spacial score (nSPS) is 13.3. The van der Waals surface area contributed by atoms with Crippen molar-refractivity contribution >= 4 is 11.1 Å². The van der Waals surface area contributed by atoms with Gasteiger partial charge >= 0.3 is 12.4 Å². The molecule has 0 aromatic carbocycles. The van der Waals surface area contributed by atoms with Gasteiger partial charge in [-0.1, -0.05) is 5.16 Å². The Bertz CT molecular complexity index is 597. The first-order valence-corrected chi connectivity index (χ1v) is 4.52. The zero-order valence-electron chi connectivity index (χ0n) is 8.65. The van der Waals surface area contributed by atoms with E-state index in [4.69, 9.17) is 0 Å². The van der Waals surface area contributed by atoms with Gasteiger partial charge in [0, 0.05) is 0 Å². The van der Waals surface area contributed by atoms with Crippen molar-refractivity contribution in [3.63, 3.8) is 0 Å². The summed E-state index contributed by atoms with van der Waals surface area (Å²) in [5.74, 6) is 0. The summed E-state index contributed by atoms with van der Waals surface area (Å²) in [6.07, 6.45) is -9.94. The molecule has 2 rings (SSSR count). The van der Waals surface area contributed by atoms with E-state index in [0.29, 0.717) is 0 Å². The summed E-state index contributed by atoms with van der Waals surface area (Å²) in [5.41, 5.74) is -4.08. The average Bonchev–Trinajstić information content (AvgIpc) is 2.56. The lowest BCUT2D eigenvalue weighted by molar-refractivity contribution is -0.144. The minimum atomic E-state index is -4.99. The van der Waals surface area contributed by atoms with Crippen molar-refractivity contribution in [1.29, 1.82) is 0 Å². The number of rotatable bonds is 0. The lowest BCUT2D eigenvalue weighted by atomic mass is 10.1. The van der Waals surface area contributed by atoms with E-state index in [1.165, 1.54) is 6.92 Å². The van der Waals surface area contributed by atoms with Gasteiger partial charge in [-0.15, -0.1) is 0 Å². The number of hydrogen-bond acceptors (Lipinski definition) is 3. The number of alkyl halides is 6. The van der Waals surface area contributed by atoms with E-state index in [1.54, 1.807) is 0 Å². The lowest BCUT2D eigenvalue weighted by Crippen LogP contribution is -2.13. The molecule has 0 unspecified atom stereocenters. The van der Waals surface area contributed by atoms with Crippen LogP contribution in [-0.4, -0.2) is 10.1 Å². The van der Waals surface area contributed by atoms with Crippen molar-refractivity contribution in [2.24, 2.45) is 0 Å². The molecule has 0 bridgehead atoms. The predicted molar refractivity (Wildman–Crippen MR) is 46.5 cm³/mol. The molecule has 0 saturated carbocycles. The number of aromatic nitrogens is 2. The fourth-order valence-electron chi connectivity index (χ4n) is 1.46. The molecule has 9 heteroatoms. The Kier molecular flexibility index (Phi) is 2.53. The predicted octanol–water partition coefficient (Wildman–Crippen LogP) is 3.57. The summed E-state index contributed by atoms with van der Waals surface area (Å²) < 4.78 is 79.6. The van der Waals surface area contributed by atoms with Crippen molar-refractivity contribution in [3.8, 4) is 0 Å². The molecule has 0 amide bonds. The molecule has 0 radical (unpaired) electrons. The minimum Gasteiger partial charge on any atom is -0.336 e. The van der Waals surface area contributed by atoms with E-state index < -0.39 is 34.7 Å². The Morgan fingerprint density at radius 1 is 1.06 bits per heavy atom. The van der Waals surface area contributed by atoms with Crippen molar-refractivity contribution in [3.05, 3.63) is 23.0 Å². The van der Waals surface area contributed by atoms with Crippen LogP contribution < -0.4 is 0 Å². The number of hydrogen-bond donors (Lipinski definition) is 0. The average molecular weight is 270 g/mol. The highest BCUT2D eigenvalue weighted by Crippen LogP contribution is 2.39. The summed E-state index contributed by atoms with van der Waals surface area (Å²) >= 11 is 0. The van der Waals surface area contributed by atoms with Gasteiger partial charge in [0.2, 0.25) is 0 Å². The summed E-state index contributed by atoms with van der Waals surface area (Å²) in [6, 6.07) is -0.0491. The van der Waals surface area contributed by atoms with Gasteiger partial charge in [0.05, 0.1) is 16.6 Å². The van der Waals surface area contributed by atoms with Gasteiger partial charge in [0.15, 0.2) is 0 Å². The molecule has 3 nitrogen and oxygen atoms in total. The third-order valence-electron chi connectivity index (χ3n) is 2.21. The fraction of sp³-hybridized carbons (Fsp3) is 0.333. The number of halogens is 6. The van der Waals surface area contributed by atoms with E-state index in [1.807, 2.05) is 0 Å². The van der Waals surface area contributed by atoms with Crippen LogP contribution in [0.25, 0.3) is 11.1 Å². The molecule has 98 valence electrons. The van der Waals surface area contributed by atoms with Gasteiger partial charge in [-0.05, 0) is 13.0 Å². The van der Waals surface area contributed by atoms with Crippen LogP contribution in [0.3, 0.4) is 0 Å². The molecule has 2 heterocycles. The van der Waals surface area contributed by atoms with Crippen LogP contribution in [0.4, 0.5) is 26.3 Å². The third kappa shape index (κ3) is 2.00. The SMILES string of the molecule is Cc1noc2nc(C(F)(F)F)cc(C(F)(F)F)c12. The molecule has 0 atom stereocenters. The summed E-state index contributed by atoms with van der Waals surface area (Å²) in [4.78, 5) is 2.99. The van der Waals surface area contributed by atoms with Crippen molar-refractivity contribution in [1.82, 2.24) is 10.1 Å². The smallest absolute Gasteiger partial charge is 0.336 e. The number of aryl methyl sites for hydroxylation is 1. The molecule has 18 heavy (non-hydrogen) atoms. The molecule has 0 fully saturated rings. The van der Waals surface area contributed by atoms with Crippen LogP contribution in [0.1, 0.15) is 17.0 Å². The minimum absolute atomic E-state index is 0.0491. The monoisotopic (exact) mass is 270 g/mol. The van der Waals surface area contributed by atoms with Crippen LogP contribution in [0.5, 0.6) is 0 Å². The lowest BCUT2D eigenvalue weighted by Gasteiger charge is -2.11.